The van der Waals surface area contributed by atoms with E-state index in [1.165, 1.54) is 12.1 Å². The lowest BCUT2D eigenvalue weighted by Crippen LogP contribution is -2.29. The molecule has 0 spiro atoms. The third-order valence-corrected chi connectivity index (χ3v) is 4.25. The van der Waals surface area contributed by atoms with Crippen molar-refractivity contribution in [3.63, 3.8) is 0 Å². The Morgan fingerprint density at radius 3 is 2.44 bits per heavy atom. The molecule has 0 unspecified atom stereocenters. The van der Waals surface area contributed by atoms with Gasteiger partial charge in [-0.15, -0.1) is 0 Å². The normalized spacial score (nSPS) is 15.6. The molecule has 1 heterocycles. The first-order valence-electron chi connectivity index (χ1n) is 8.44. The number of nitro groups is 1. The molecule has 1 aromatic carbocycles. The fourth-order valence-corrected chi connectivity index (χ4v) is 2.90. The van der Waals surface area contributed by atoms with Crippen LogP contribution < -0.4 is 4.90 Å². The number of carbonyl (C=O) groups is 1. The number of nitrogens with zero attached hydrogens (tertiary/aromatic N) is 3. The van der Waals surface area contributed by atoms with Gasteiger partial charge in [0.1, 0.15) is 11.8 Å². The van der Waals surface area contributed by atoms with Crippen molar-refractivity contribution in [3.8, 4) is 6.07 Å². The molecule has 0 saturated carbocycles. The van der Waals surface area contributed by atoms with Crippen molar-refractivity contribution in [3.05, 3.63) is 39.4 Å². The summed E-state index contributed by atoms with van der Waals surface area (Å²) in [6.45, 7) is 6.83. The molecular weight excluding hydrogens is 318 g/mol. The molecule has 1 aliphatic rings. The van der Waals surface area contributed by atoms with Crippen LogP contribution in [0.2, 0.25) is 0 Å². The summed E-state index contributed by atoms with van der Waals surface area (Å²) < 4.78 is 0. The van der Waals surface area contributed by atoms with Crippen molar-refractivity contribution >= 4 is 23.2 Å². The third kappa shape index (κ3) is 4.44. The van der Waals surface area contributed by atoms with Crippen molar-refractivity contribution in [2.75, 3.05) is 18.0 Å². The summed E-state index contributed by atoms with van der Waals surface area (Å²) in [6.07, 6.45) is 4.63. The van der Waals surface area contributed by atoms with Crippen molar-refractivity contribution in [2.24, 2.45) is 5.41 Å². The average molecular weight is 341 g/mol. The minimum Gasteiger partial charge on any atom is -0.366 e. The summed E-state index contributed by atoms with van der Waals surface area (Å²) in [4.78, 5) is 25.4. The predicted octanol–water partition coefficient (Wildman–Crippen LogP) is 4.11. The van der Waals surface area contributed by atoms with E-state index in [4.69, 9.17) is 0 Å². The summed E-state index contributed by atoms with van der Waals surface area (Å²) in [5.41, 5.74) is 0.425. The van der Waals surface area contributed by atoms with Gasteiger partial charge in [-0.3, -0.25) is 14.9 Å². The van der Waals surface area contributed by atoms with E-state index >= 15 is 0 Å². The maximum absolute atomic E-state index is 12.3. The Balaban J connectivity index is 2.41. The first-order chi connectivity index (χ1) is 11.7. The van der Waals surface area contributed by atoms with Gasteiger partial charge in [-0.25, -0.2) is 0 Å². The second-order valence-electron chi connectivity index (χ2n) is 7.30. The number of ketones is 1. The second kappa shape index (κ2) is 7.47. The van der Waals surface area contributed by atoms with Crippen LogP contribution in [0.4, 0.5) is 11.4 Å². The van der Waals surface area contributed by atoms with Crippen LogP contribution in [0.1, 0.15) is 45.6 Å². The molecule has 0 bridgehead atoms. The number of nitriles is 1. The van der Waals surface area contributed by atoms with Crippen molar-refractivity contribution in [1.82, 2.24) is 0 Å². The van der Waals surface area contributed by atoms with Crippen LogP contribution in [0.15, 0.2) is 23.8 Å². The molecule has 0 aliphatic carbocycles. The number of anilines is 1. The van der Waals surface area contributed by atoms with Gasteiger partial charge in [0.15, 0.2) is 5.78 Å². The van der Waals surface area contributed by atoms with E-state index in [0.29, 0.717) is 11.3 Å². The molecule has 0 aromatic heterocycles. The lowest BCUT2D eigenvalue weighted by atomic mass is 9.86. The van der Waals surface area contributed by atoms with Crippen molar-refractivity contribution in [2.45, 2.75) is 40.0 Å². The highest BCUT2D eigenvalue weighted by Gasteiger charge is 2.26. The minimum atomic E-state index is -0.679. The van der Waals surface area contributed by atoms with E-state index in [9.17, 15) is 20.2 Å². The minimum absolute atomic E-state index is 0.00696. The summed E-state index contributed by atoms with van der Waals surface area (Å²) >= 11 is 0. The molecule has 1 aliphatic heterocycles. The molecule has 0 atom stereocenters. The zero-order chi connectivity index (χ0) is 18.6. The highest BCUT2D eigenvalue weighted by molar-refractivity contribution is 6.06. The first-order valence-corrected chi connectivity index (χ1v) is 8.44. The lowest BCUT2D eigenvalue weighted by Gasteiger charge is -2.28. The van der Waals surface area contributed by atoms with Gasteiger partial charge < -0.3 is 4.90 Å². The number of Topliss-reactive ketones (excluding diaryl/α,β-unsaturated/α-hetero) is 1. The van der Waals surface area contributed by atoms with E-state index < -0.39 is 10.3 Å². The number of hydrogen-bond acceptors (Lipinski definition) is 5. The predicted molar refractivity (Wildman–Crippen MR) is 97.2 cm³/mol. The monoisotopic (exact) mass is 341 g/mol. The van der Waals surface area contributed by atoms with E-state index in [1.807, 2.05) is 11.0 Å². The van der Waals surface area contributed by atoms with Crippen LogP contribution in [0.3, 0.4) is 0 Å². The molecule has 2 rings (SSSR count). The Bertz CT molecular complexity index is 748. The molecule has 25 heavy (non-hydrogen) atoms. The van der Waals surface area contributed by atoms with Gasteiger partial charge in [0, 0.05) is 24.6 Å². The third-order valence-electron chi connectivity index (χ3n) is 4.25. The largest absolute Gasteiger partial charge is 0.366 e. The van der Waals surface area contributed by atoms with Gasteiger partial charge in [0.25, 0.3) is 5.69 Å². The molecule has 0 radical (unpaired) electrons. The van der Waals surface area contributed by atoms with E-state index in [-0.39, 0.29) is 17.0 Å². The van der Waals surface area contributed by atoms with Crippen LogP contribution in [0, 0.1) is 26.9 Å². The summed E-state index contributed by atoms with van der Waals surface area (Å²) in [5, 5.41) is 20.8. The highest BCUT2D eigenvalue weighted by Crippen LogP contribution is 2.32. The zero-order valence-corrected chi connectivity index (χ0v) is 14.9. The number of allylic oxidation sites excluding steroid dienone is 1. The van der Waals surface area contributed by atoms with Gasteiger partial charge in [-0.1, -0.05) is 26.8 Å². The van der Waals surface area contributed by atoms with Gasteiger partial charge in [-0.2, -0.15) is 5.26 Å². The number of nitro benzene ring substituents is 1. The second-order valence-corrected chi connectivity index (χ2v) is 7.30. The number of benzene rings is 1. The molecule has 0 N–H and O–H groups in total. The molecule has 1 aromatic rings. The maximum Gasteiger partial charge on any atom is 0.293 e. The maximum atomic E-state index is 12.3. The summed E-state index contributed by atoms with van der Waals surface area (Å²) in [7, 11) is 0. The van der Waals surface area contributed by atoms with E-state index in [1.54, 1.807) is 32.9 Å². The SMILES string of the molecule is CC(C)(C)C(=O)C(C#N)=Cc1ccc(N2CCCCC2)c([N+](=O)[O-])c1. The fourth-order valence-electron chi connectivity index (χ4n) is 2.90. The van der Waals surface area contributed by atoms with E-state index in [2.05, 4.69) is 0 Å². The molecular formula is C19H23N3O3. The molecule has 6 heteroatoms. The number of piperidine rings is 1. The van der Waals surface area contributed by atoms with Gasteiger partial charge in [0.05, 0.1) is 10.5 Å². The molecule has 1 saturated heterocycles. The zero-order valence-electron chi connectivity index (χ0n) is 14.9. The molecule has 132 valence electrons. The van der Waals surface area contributed by atoms with Crippen LogP contribution >= 0.6 is 0 Å². The average Bonchev–Trinajstić information content (AvgIpc) is 2.58. The Morgan fingerprint density at radius 2 is 1.92 bits per heavy atom. The van der Waals surface area contributed by atoms with Gasteiger partial charge >= 0.3 is 0 Å². The standard InChI is InChI=1S/C19H23N3O3/c1-19(2,3)18(23)15(13-20)11-14-7-8-16(17(12-14)22(24)25)21-9-5-4-6-10-21/h7-8,11-12H,4-6,9-10H2,1-3H3. The fraction of sp³-hybridized carbons (Fsp3) is 0.474. The Morgan fingerprint density at radius 1 is 1.28 bits per heavy atom. The Labute approximate surface area is 147 Å². The Kier molecular flexibility index (Phi) is 5.58. The van der Waals surface area contributed by atoms with Crippen LogP contribution in [-0.2, 0) is 4.79 Å². The molecule has 1 fully saturated rings. The summed E-state index contributed by atoms with van der Waals surface area (Å²) in [5.74, 6) is -0.280. The van der Waals surface area contributed by atoms with E-state index in [0.717, 1.165) is 32.4 Å². The number of carbonyl (C=O) groups excluding carboxylic acids is 1. The number of hydrogen-bond donors (Lipinski definition) is 0. The molecule has 0 amide bonds. The van der Waals surface area contributed by atoms with Crippen LogP contribution in [-0.4, -0.2) is 23.8 Å². The topological polar surface area (TPSA) is 87.2 Å². The van der Waals surface area contributed by atoms with Gasteiger partial charge in [0.2, 0.25) is 0 Å². The smallest absolute Gasteiger partial charge is 0.293 e. The van der Waals surface area contributed by atoms with Crippen LogP contribution in [0.25, 0.3) is 6.08 Å². The highest BCUT2D eigenvalue weighted by atomic mass is 16.6. The van der Waals surface area contributed by atoms with Crippen molar-refractivity contribution < 1.29 is 9.72 Å². The van der Waals surface area contributed by atoms with Gasteiger partial charge in [-0.05, 0) is 37.0 Å². The summed E-state index contributed by atoms with van der Waals surface area (Å²) in [6, 6.07) is 6.80. The van der Waals surface area contributed by atoms with Crippen molar-refractivity contribution in [1.29, 1.82) is 5.26 Å². The van der Waals surface area contributed by atoms with Crippen LogP contribution in [0.5, 0.6) is 0 Å². The first kappa shape index (κ1) is 18.7. The molecule has 6 nitrogen and oxygen atoms in total. The lowest BCUT2D eigenvalue weighted by molar-refractivity contribution is -0.384. The number of rotatable bonds is 4. The Hall–Kier alpha value is -2.68. The quantitative estimate of drug-likeness (QED) is 0.356.